The van der Waals surface area contributed by atoms with Gasteiger partial charge in [0.2, 0.25) is 5.91 Å². The van der Waals surface area contributed by atoms with Crippen molar-refractivity contribution in [1.29, 1.82) is 0 Å². The molecule has 0 aliphatic carbocycles. The minimum atomic E-state index is -1.33. The Kier molecular flexibility index (Phi) is 4.16. The molecular formula is C15H18N2O5. The molecule has 1 aromatic rings. The van der Waals surface area contributed by atoms with E-state index in [-0.39, 0.29) is 12.3 Å². The standard InChI is InChI=1S/C15H18N2O5/c1-4-22-14(19)15(2,3)13(18)16-8-7-10-5-6-11(17(20)21)9-12(10)16/h5-6,9H,4,7-8H2,1-3H3. The predicted octanol–water partition coefficient (Wildman–Crippen LogP) is 2.07. The SMILES string of the molecule is CCOC(=O)C(C)(C)C(=O)N1CCc2ccc([N+](=O)[O-])cc21. The summed E-state index contributed by atoms with van der Waals surface area (Å²) in [5, 5.41) is 10.9. The lowest BCUT2D eigenvalue weighted by molar-refractivity contribution is -0.384. The van der Waals surface area contributed by atoms with Gasteiger partial charge in [0, 0.05) is 18.7 Å². The second-order valence-corrected chi connectivity index (χ2v) is 5.62. The molecule has 0 saturated carbocycles. The summed E-state index contributed by atoms with van der Waals surface area (Å²) in [6.45, 7) is 5.27. The van der Waals surface area contributed by atoms with Crippen molar-refractivity contribution < 1.29 is 19.2 Å². The maximum Gasteiger partial charge on any atom is 0.321 e. The molecule has 118 valence electrons. The van der Waals surface area contributed by atoms with E-state index in [1.807, 2.05) is 0 Å². The van der Waals surface area contributed by atoms with Crippen LogP contribution in [0.15, 0.2) is 18.2 Å². The van der Waals surface area contributed by atoms with Gasteiger partial charge in [-0.25, -0.2) is 0 Å². The normalized spacial score (nSPS) is 13.7. The summed E-state index contributed by atoms with van der Waals surface area (Å²) in [7, 11) is 0. The molecule has 22 heavy (non-hydrogen) atoms. The molecule has 0 unspecified atom stereocenters. The summed E-state index contributed by atoms with van der Waals surface area (Å²) in [5.41, 5.74) is -0.0509. The quantitative estimate of drug-likeness (QED) is 0.367. The smallest absolute Gasteiger partial charge is 0.321 e. The van der Waals surface area contributed by atoms with E-state index in [0.717, 1.165) is 5.56 Å². The van der Waals surface area contributed by atoms with Crippen molar-refractivity contribution in [3.8, 4) is 0 Å². The number of rotatable bonds is 4. The molecule has 0 N–H and O–H groups in total. The Morgan fingerprint density at radius 1 is 1.41 bits per heavy atom. The molecule has 1 amide bonds. The van der Waals surface area contributed by atoms with E-state index in [4.69, 9.17) is 4.74 Å². The summed E-state index contributed by atoms with van der Waals surface area (Å²) in [6.07, 6.45) is 0.609. The fourth-order valence-corrected chi connectivity index (χ4v) is 2.43. The average Bonchev–Trinajstić information content (AvgIpc) is 2.89. The highest BCUT2D eigenvalue weighted by atomic mass is 16.6. The number of carbonyl (C=O) groups is 2. The van der Waals surface area contributed by atoms with E-state index in [1.54, 1.807) is 13.0 Å². The molecular weight excluding hydrogens is 288 g/mol. The van der Waals surface area contributed by atoms with Gasteiger partial charge in [0.1, 0.15) is 5.41 Å². The first-order chi connectivity index (χ1) is 10.3. The highest BCUT2D eigenvalue weighted by molar-refractivity contribution is 6.10. The number of amides is 1. The number of nitrogens with zero attached hydrogens (tertiary/aromatic N) is 2. The molecule has 0 aromatic heterocycles. The molecule has 7 heteroatoms. The number of nitro groups is 1. The highest BCUT2D eigenvalue weighted by Crippen LogP contribution is 2.35. The third-order valence-corrected chi connectivity index (χ3v) is 3.74. The maximum absolute atomic E-state index is 12.7. The van der Waals surface area contributed by atoms with Crippen LogP contribution in [0.4, 0.5) is 11.4 Å². The molecule has 0 spiro atoms. The van der Waals surface area contributed by atoms with Gasteiger partial charge in [0.15, 0.2) is 0 Å². The number of benzene rings is 1. The van der Waals surface area contributed by atoms with Crippen LogP contribution in [0.5, 0.6) is 0 Å². The van der Waals surface area contributed by atoms with Crippen LogP contribution >= 0.6 is 0 Å². The number of carbonyl (C=O) groups excluding carboxylic acids is 2. The number of non-ortho nitro benzene ring substituents is 1. The van der Waals surface area contributed by atoms with Crippen molar-refractivity contribution in [2.75, 3.05) is 18.1 Å². The molecule has 1 heterocycles. The first-order valence-electron chi connectivity index (χ1n) is 7.05. The zero-order valence-corrected chi connectivity index (χ0v) is 12.8. The molecule has 1 aliphatic heterocycles. The molecule has 0 radical (unpaired) electrons. The van der Waals surface area contributed by atoms with Crippen molar-refractivity contribution in [1.82, 2.24) is 0 Å². The number of anilines is 1. The number of hydrogen-bond acceptors (Lipinski definition) is 5. The van der Waals surface area contributed by atoms with E-state index >= 15 is 0 Å². The lowest BCUT2D eigenvalue weighted by Crippen LogP contribution is -2.45. The van der Waals surface area contributed by atoms with E-state index in [1.165, 1.54) is 30.9 Å². The van der Waals surface area contributed by atoms with E-state index in [0.29, 0.717) is 18.7 Å². The van der Waals surface area contributed by atoms with Crippen LogP contribution in [0, 0.1) is 15.5 Å². The van der Waals surface area contributed by atoms with Gasteiger partial charge in [0.25, 0.3) is 5.69 Å². The first kappa shape index (κ1) is 15.9. The summed E-state index contributed by atoms with van der Waals surface area (Å²) in [4.78, 5) is 36.5. The van der Waals surface area contributed by atoms with Gasteiger partial charge in [0.05, 0.1) is 17.2 Å². The number of hydrogen-bond donors (Lipinski definition) is 0. The molecule has 0 saturated heterocycles. The molecule has 0 fully saturated rings. The molecule has 1 aliphatic rings. The molecule has 0 bridgehead atoms. The van der Waals surface area contributed by atoms with Gasteiger partial charge in [-0.2, -0.15) is 0 Å². The van der Waals surface area contributed by atoms with E-state index < -0.39 is 22.2 Å². The Balaban J connectivity index is 2.33. The monoisotopic (exact) mass is 306 g/mol. The number of nitro benzene ring substituents is 1. The molecule has 1 aromatic carbocycles. The Bertz CT molecular complexity index is 639. The zero-order chi connectivity index (χ0) is 16.5. The van der Waals surface area contributed by atoms with Gasteiger partial charge in [-0.05, 0) is 32.8 Å². The van der Waals surface area contributed by atoms with Gasteiger partial charge >= 0.3 is 5.97 Å². The van der Waals surface area contributed by atoms with Crippen molar-refractivity contribution in [3.63, 3.8) is 0 Å². The summed E-state index contributed by atoms with van der Waals surface area (Å²) < 4.78 is 4.94. The summed E-state index contributed by atoms with van der Waals surface area (Å²) >= 11 is 0. The zero-order valence-electron chi connectivity index (χ0n) is 12.8. The highest BCUT2D eigenvalue weighted by Gasteiger charge is 2.43. The topological polar surface area (TPSA) is 89.8 Å². The van der Waals surface area contributed by atoms with Crippen LogP contribution in [-0.2, 0) is 20.7 Å². The first-order valence-corrected chi connectivity index (χ1v) is 7.05. The van der Waals surface area contributed by atoms with E-state index in [2.05, 4.69) is 0 Å². The minimum absolute atomic E-state index is 0.0765. The van der Waals surface area contributed by atoms with Crippen LogP contribution in [-0.4, -0.2) is 30.0 Å². The Hall–Kier alpha value is -2.44. The fraction of sp³-hybridized carbons (Fsp3) is 0.467. The number of esters is 1. The lowest BCUT2D eigenvalue weighted by atomic mass is 9.91. The fourth-order valence-electron chi connectivity index (χ4n) is 2.43. The molecule has 2 rings (SSSR count). The van der Waals surface area contributed by atoms with Crippen LogP contribution in [0.3, 0.4) is 0 Å². The second-order valence-electron chi connectivity index (χ2n) is 5.62. The minimum Gasteiger partial charge on any atom is -0.465 e. The van der Waals surface area contributed by atoms with Crippen LogP contribution < -0.4 is 4.90 Å². The second kappa shape index (κ2) is 5.75. The van der Waals surface area contributed by atoms with Crippen molar-refractivity contribution in [3.05, 3.63) is 33.9 Å². The van der Waals surface area contributed by atoms with Crippen LogP contribution in [0.1, 0.15) is 26.3 Å². The third kappa shape index (κ3) is 2.66. The van der Waals surface area contributed by atoms with Crippen LogP contribution in [0.2, 0.25) is 0 Å². The van der Waals surface area contributed by atoms with E-state index in [9.17, 15) is 19.7 Å². The van der Waals surface area contributed by atoms with Crippen LogP contribution in [0.25, 0.3) is 0 Å². The molecule has 7 nitrogen and oxygen atoms in total. The largest absolute Gasteiger partial charge is 0.465 e. The molecule has 0 atom stereocenters. The number of ether oxygens (including phenoxy) is 1. The number of fused-ring (bicyclic) bond motifs is 1. The van der Waals surface area contributed by atoms with Gasteiger partial charge in [-0.15, -0.1) is 0 Å². The van der Waals surface area contributed by atoms with Crippen molar-refractivity contribution in [2.45, 2.75) is 27.2 Å². The van der Waals surface area contributed by atoms with Crippen molar-refractivity contribution in [2.24, 2.45) is 5.41 Å². The van der Waals surface area contributed by atoms with Gasteiger partial charge in [-0.3, -0.25) is 19.7 Å². The third-order valence-electron chi connectivity index (χ3n) is 3.74. The Morgan fingerprint density at radius 3 is 2.68 bits per heavy atom. The van der Waals surface area contributed by atoms with Gasteiger partial charge < -0.3 is 9.64 Å². The summed E-state index contributed by atoms with van der Waals surface area (Å²) in [6, 6.07) is 4.45. The average molecular weight is 306 g/mol. The summed E-state index contributed by atoms with van der Waals surface area (Å²) in [5.74, 6) is -1.01. The Morgan fingerprint density at radius 2 is 2.09 bits per heavy atom. The predicted molar refractivity (Wildman–Crippen MR) is 79.6 cm³/mol. The van der Waals surface area contributed by atoms with Crippen molar-refractivity contribution >= 4 is 23.3 Å². The van der Waals surface area contributed by atoms with Gasteiger partial charge in [-0.1, -0.05) is 6.07 Å². The maximum atomic E-state index is 12.7. The Labute approximate surface area is 128 Å². The lowest BCUT2D eigenvalue weighted by Gasteiger charge is -2.27.